The topological polar surface area (TPSA) is 90.9 Å². The van der Waals surface area contributed by atoms with Crippen LogP contribution in [0.3, 0.4) is 0 Å². The summed E-state index contributed by atoms with van der Waals surface area (Å²) in [6.45, 7) is 3.77. The number of amides is 1. The largest absolute Gasteiger partial charge is 0.378 e. The van der Waals surface area contributed by atoms with Crippen LogP contribution in [-0.4, -0.2) is 34.6 Å². The van der Waals surface area contributed by atoms with Crippen LogP contribution in [0, 0.1) is 13.8 Å². The SMILES string of the molecule is Cc1ccc(NS(=O)(=O)c2cccc(C(=O)N/N=C/c3ccc(N(C)C)cc3)c2)c(C)c1. The molecule has 0 saturated heterocycles. The lowest BCUT2D eigenvalue weighted by atomic mass is 10.1. The summed E-state index contributed by atoms with van der Waals surface area (Å²) in [6.07, 6.45) is 1.53. The van der Waals surface area contributed by atoms with E-state index in [9.17, 15) is 13.2 Å². The summed E-state index contributed by atoms with van der Waals surface area (Å²) in [6, 6.07) is 18.9. The van der Waals surface area contributed by atoms with Gasteiger partial charge in [-0.15, -0.1) is 0 Å². The van der Waals surface area contributed by atoms with Gasteiger partial charge in [-0.2, -0.15) is 5.10 Å². The molecule has 2 N–H and O–H groups in total. The van der Waals surface area contributed by atoms with Crippen molar-refractivity contribution in [2.75, 3.05) is 23.7 Å². The minimum Gasteiger partial charge on any atom is -0.378 e. The van der Waals surface area contributed by atoms with Gasteiger partial charge in [0.2, 0.25) is 0 Å². The fourth-order valence-electron chi connectivity index (χ4n) is 3.02. The first-order valence-electron chi connectivity index (χ1n) is 9.96. The first-order chi connectivity index (χ1) is 15.2. The highest BCUT2D eigenvalue weighted by molar-refractivity contribution is 7.92. The van der Waals surface area contributed by atoms with Gasteiger partial charge in [-0.1, -0.05) is 35.9 Å². The van der Waals surface area contributed by atoms with Crippen molar-refractivity contribution >= 4 is 33.5 Å². The van der Waals surface area contributed by atoms with Crippen LogP contribution in [0.4, 0.5) is 11.4 Å². The fourth-order valence-corrected chi connectivity index (χ4v) is 4.20. The molecule has 0 radical (unpaired) electrons. The number of anilines is 2. The van der Waals surface area contributed by atoms with Gasteiger partial charge in [0.05, 0.1) is 16.8 Å². The Labute approximate surface area is 188 Å². The summed E-state index contributed by atoms with van der Waals surface area (Å²) in [5.74, 6) is -0.505. The molecule has 166 valence electrons. The van der Waals surface area contributed by atoms with Crippen molar-refractivity contribution < 1.29 is 13.2 Å². The molecule has 32 heavy (non-hydrogen) atoms. The predicted octanol–water partition coefficient (Wildman–Crippen LogP) is 3.93. The molecule has 7 nitrogen and oxygen atoms in total. The Morgan fingerprint density at radius 2 is 1.69 bits per heavy atom. The Morgan fingerprint density at radius 1 is 0.969 bits per heavy atom. The summed E-state index contributed by atoms with van der Waals surface area (Å²) in [7, 11) is 0.0552. The number of nitrogens with zero attached hydrogens (tertiary/aromatic N) is 2. The van der Waals surface area contributed by atoms with E-state index in [1.54, 1.807) is 6.07 Å². The molecule has 0 fully saturated rings. The van der Waals surface area contributed by atoms with Crippen LogP contribution in [0.5, 0.6) is 0 Å². The number of carbonyl (C=O) groups is 1. The second kappa shape index (κ2) is 9.65. The van der Waals surface area contributed by atoms with E-state index in [1.807, 2.05) is 69.2 Å². The van der Waals surface area contributed by atoms with Gasteiger partial charge in [-0.05, 0) is 61.4 Å². The number of benzene rings is 3. The third kappa shape index (κ3) is 5.73. The van der Waals surface area contributed by atoms with E-state index >= 15 is 0 Å². The number of sulfonamides is 1. The van der Waals surface area contributed by atoms with Crippen molar-refractivity contribution in [2.45, 2.75) is 18.7 Å². The van der Waals surface area contributed by atoms with Crippen LogP contribution in [0.1, 0.15) is 27.0 Å². The fraction of sp³-hybridized carbons (Fsp3) is 0.167. The maximum Gasteiger partial charge on any atom is 0.271 e. The van der Waals surface area contributed by atoms with Crippen LogP contribution < -0.4 is 15.0 Å². The maximum absolute atomic E-state index is 12.8. The molecule has 0 aromatic heterocycles. The van der Waals surface area contributed by atoms with Gasteiger partial charge in [-0.25, -0.2) is 13.8 Å². The van der Waals surface area contributed by atoms with Crippen molar-refractivity contribution in [3.63, 3.8) is 0 Å². The van der Waals surface area contributed by atoms with E-state index < -0.39 is 15.9 Å². The molecular formula is C24H26N4O3S. The summed E-state index contributed by atoms with van der Waals surface area (Å²) >= 11 is 0. The summed E-state index contributed by atoms with van der Waals surface area (Å²) in [5.41, 5.74) is 6.85. The molecule has 0 aliphatic carbocycles. The smallest absolute Gasteiger partial charge is 0.271 e. The zero-order valence-electron chi connectivity index (χ0n) is 18.5. The first-order valence-corrected chi connectivity index (χ1v) is 11.4. The number of carbonyl (C=O) groups excluding carboxylic acids is 1. The number of hydrogen-bond acceptors (Lipinski definition) is 5. The summed E-state index contributed by atoms with van der Waals surface area (Å²) in [4.78, 5) is 14.4. The first kappa shape index (κ1) is 23.0. The molecule has 0 bridgehead atoms. The quantitative estimate of drug-likeness (QED) is 0.421. The second-order valence-electron chi connectivity index (χ2n) is 7.64. The van der Waals surface area contributed by atoms with Crippen LogP contribution >= 0.6 is 0 Å². The van der Waals surface area contributed by atoms with Crippen LogP contribution in [0.25, 0.3) is 0 Å². The number of rotatable bonds is 7. The Kier molecular flexibility index (Phi) is 6.95. The highest BCUT2D eigenvalue weighted by atomic mass is 32.2. The van der Waals surface area contributed by atoms with E-state index in [0.29, 0.717) is 5.69 Å². The van der Waals surface area contributed by atoms with E-state index in [1.165, 1.54) is 30.5 Å². The van der Waals surface area contributed by atoms with Crippen LogP contribution in [0.15, 0.2) is 76.7 Å². The summed E-state index contributed by atoms with van der Waals surface area (Å²) < 4.78 is 28.2. The van der Waals surface area contributed by atoms with Crippen molar-refractivity contribution in [1.82, 2.24) is 5.43 Å². The Bertz CT molecular complexity index is 1250. The number of nitrogens with one attached hydrogen (secondary N) is 2. The Hall–Kier alpha value is -3.65. The third-order valence-corrected chi connectivity index (χ3v) is 6.19. The van der Waals surface area contributed by atoms with Gasteiger partial charge in [0, 0.05) is 25.3 Å². The lowest BCUT2D eigenvalue weighted by Gasteiger charge is -2.12. The third-order valence-electron chi connectivity index (χ3n) is 4.82. The van der Waals surface area contributed by atoms with Crippen molar-refractivity contribution in [3.05, 3.63) is 89.0 Å². The number of aryl methyl sites for hydroxylation is 2. The van der Waals surface area contributed by atoms with E-state index in [0.717, 1.165) is 22.4 Å². The van der Waals surface area contributed by atoms with E-state index in [2.05, 4.69) is 15.2 Å². The number of hydrogen-bond donors (Lipinski definition) is 2. The van der Waals surface area contributed by atoms with Gasteiger partial charge < -0.3 is 4.90 Å². The predicted molar refractivity (Wildman–Crippen MR) is 129 cm³/mol. The molecule has 1 amide bonds. The molecular weight excluding hydrogens is 424 g/mol. The average Bonchev–Trinajstić information content (AvgIpc) is 2.76. The molecule has 0 aliphatic heterocycles. The molecule has 3 aromatic rings. The summed E-state index contributed by atoms with van der Waals surface area (Å²) in [5, 5.41) is 3.97. The van der Waals surface area contributed by atoms with Gasteiger partial charge in [0.25, 0.3) is 15.9 Å². The molecule has 3 rings (SSSR count). The zero-order valence-corrected chi connectivity index (χ0v) is 19.3. The van der Waals surface area contributed by atoms with Gasteiger partial charge in [0.15, 0.2) is 0 Å². The molecule has 8 heteroatoms. The standard InChI is InChI=1S/C24H26N4O3S/c1-17-8-13-23(18(2)14-17)27-32(30,31)22-7-5-6-20(15-22)24(29)26-25-16-19-9-11-21(12-10-19)28(3)4/h5-16,27H,1-4H3,(H,26,29)/b25-16+. The lowest BCUT2D eigenvalue weighted by Crippen LogP contribution is -2.19. The average molecular weight is 451 g/mol. The Morgan fingerprint density at radius 3 is 2.34 bits per heavy atom. The zero-order chi connectivity index (χ0) is 23.3. The maximum atomic E-state index is 12.8. The van der Waals surface area contributed by atoms with Crippen molar-refractivity contribution in [3.8, 4) is 0 Å². The van der Waals surface area contributed by atoms with Gasteiger partial charge in [-0.3, -0.25) is 9.52 Å². The van der Waals surface area contributed by atoms with Gasteiger partial charge in [0.1, 0.15) is 0 Å². The van der Waals surface area contributed by atoms with Crippen molar-refractivity contribution in [1.29, 1.82) is 0 Å². The van der Waals surface area contributed by atoms with Crippen molar-refractivity contribution in [2.24, 2.45) is 5.10 Å². The Balaban J connectivity index is 1.71. The number of hydrazone groups is 1. The van der Waals surface area contributed by atoms with Crippen LogP contribution in [0.2, 0.25) is 0 Å². The normalized spacial score (nSPS) is 11.4. The monoisotopic (exact) mass is 450 g/mol. The van der Waals surface area contributed by atoms with E-state index in [4.69, 9.17) is 0 Å². The second-order valence-corrected chi connectivity index (χ2v) is 9.32. The molecule has 0 aliphatic rings. The minimum atomic E-state index is -3.85. The molecule has 0 atom stereocenters. The molecule has 0 heterocycles. The van der Waals surface area contributed by atoms with Crippen LogP contribution in [-0.2, 0) is 10.0 Å². The highest BCUT2D eigenvalue weighted by Crippen LogP contribution is 2.21. The molecule has 0 unspecified atom stereocenters. The molecule has 0 spiro atoms. The minimum absolute atomic E-state index is 0.00613. The highest BCUT2D eigenvalue weighted by Gasteiger charge is 2.17. The molecule has 3 aromatic carbocycles. The van der Waals surface area contributed by atoms with Gasteiger partial charge >= 0.3 is 0 Å². The lowest BCUT2D eigenvalue weighted by molar-refractivity contribution is 0.0955. The molecule has 0 saturated carbocycles. The van der Waals surface area contributed by atoms with E-state index in [-0.39, 0.29) is 10.5 Å².